The molecule has 0 aliphatic carbocycles. The lowest BCUT2D eigenvalue weighted by atomic mass is 10.2. The van der Waals surface area contributed by atoms with E-state index in [1.165, 1.54) is 37.7 Å². The molecule has 1 heterocycles. The van der Waals surface area contributed by atoms with E-state index >= 15 is 0 Å². The Morgan fingerprint density at radius 3 is 2.78 bits per heavy atom. The number of carbonyl (C=O) groups is 1. The molecule has 32 heavy (non-hydrogen) atoms. The molecule has 2 aromatic carbocycles. The summed E-state index contributed by atoms with van der Waals surface area (Å²) >= 11 is 12.2. The summed E-state index contributed by atoms with van der Waals surface area (Å²) in [7, 11) is 1.44. The predicted octanol–water partition coefficient (Wildman–Crippen LogP) is 4.65. The number of hydrazone groups is 1. The van der Waals surface area contributed by atoms with Crippen LogP contribution in [0, 0.1) is 10.1 Å². The van der Waals surface area contributed by atoms with E-state index < -0.39 is 10.8 Å². The van der Waals surface area contributed by atoms with Gasteiger partial charge in [-0.15, -0.1) is 0 Å². The van der Waals surface area contributed by atoms with E-state index in [9.17, 15) is 14.9 Å². The Balaban J connectivity index is 1.71. The average molecular weight is 475 g/mol. The first-order valence-electron chi connectivity index (χ1n) is 9.06. The molecule has 1 aromatic heterocycles. The van der Waals surface area contributed by atoms with Gasteiger partial charge in [-0.3, -0.25) is 14.9 Å². The van der Waals surface area contributed by atoms with Crippen LogP contribution in [0.25, 0.3) is 0 Å². The van der Waals surface area contributed by atoms with E-state index in [1.54, 1.807) is 30.3 Å². The van der Waals surface area contributed by atoms with Gasteiger partial charge in [0, 0.05) is 18.3 Å². The Morgan fingerprint density at radius 1 is 1.25 bits per heavy atom. The number of amides is 1. The average Bonchev–Trinajstić information content (AvgIpc) is 2.78. The van der Waals surface area contributed by atoms with Gasteiger partial charge in [0.1, 0.15) is 11.8 Å². The molecule has 0 aliphatic rings. The molecule has 11 heteroatoms. The van der Waals surface area contributed by atoms with Crippen molar-refractivity contribution in [3.8, 4) is 11.5 Å². The lowest BCUT2D eigenvalue weighted by molar-refractivity contribution is -0.384. The fraction of sp³-hybridized carbons (Fsp3) is 0.0952. The van der Waals surface area contributed by atoms with Gasteiger partial charge in [0.05, 0.1) is 28.8 Å². The number of nitrogens with one attached hydrogen (secondary N) is 1. The van der Waals surface area contributed by atoms with E-state index in [0.29, 0.717) is 16.9 Å². The van der Waals surface area contributed by atoms with Crippen LogP contribution in [0.5, 0.6) is 11.5 Å². The molecule has 0 saturated heterocycles. The van der Waals surface area contributed by atoms with Crippen LogP contribution in [0.4, 0.5) is 5.69 Å². The van der Waals surface area contributed by atoms with Crippen molar-refractivity contribution in [2.75, 3.05) is 7.11 Å². The van der Waals surface area contributed by atoms with Gasteiger partial charge in [0.15, 0.2) is 11.5 Å². The highest BCUT2D eigenvalue weighted by Crippen LogP contribution is 2.36. The summed E-state index contributed by atoms with van der Waals surface area (Å²) in [5.74, 6) is 0.0735. The Morgan fingerprint density at radius 2 is 2.06 bits per heavy atom. The summed E-state index contributed by atoms with van der Waals surface area (Å²) in [5, 5.41) is 15.1. The summed E-state index contributed by atoms with van der Waals surface area (Å²) in [6.07, 6.45) is 2.85. The van der Waals surface area contributed by atoms with Gasteiger partial charge < -0.3 is 9.47 Å². The molecule has 9 nitrogen and oxygen atoms in total. The van der Waals surface area contributed by atoms with Gasteiger partial charge in [0.25, 0.3) is 11.6 Å². The second-order valence-corrected chi connectivity index (χ2v) is 7.06. The number of aromatic nitrogens is 1. The number of halogens is 2. The number of nitro benzene ring substituents is 1. The normalized spacial score (nSPS) is 10.7. The zero-order chi connectivity index (χ0) is 23.1. The Bertz CT molecular complexity index is 1190. The highest BCUT2D eigenvalue weighted by Gasteiger charge is 2.14. The van der Waals surface area contributed by atoms with Crippen LogP contribution in [0.15, 0.2) is 59.8 Å². The maximum atomic E-state index is 12.1. The number of nitro groups is 1. The minimum atomic E-state index is -0.519. The van der Waals surface area contributed by atoms with Crippen molar-refractivity contribution in [2.24, 2.45) is 5.10 Å². The summed E-state index contributed by atoms with van der Waals surface area (Å²) in [5.41, 5.74) is 3.64. The molecule has 0 radical (unpaired) electrons. The third-order valence-electron chi connectivity index (χ3n) is 4.14. The molecule has 0 spiro atoms. The Labute approximate surface area is 192 Å². The number of benzene rings is 2. The number of methoxy groups -OCH3 is 1. The molecule has 1 N–H and O–H groups in total. The zero-order valence-corrected chi connectivity index (χ0v) is 18.1. The summed E-state index contributed by atoms with van der Waals surface area (Å²) in [4.78, 5) is 26.4. The fourth-order valence-electron chi connectivity index (χ4n) is 2.65. The van der Waals surface area contributed by atoms with Crippen molar-refractivity contribution in [2.45, 2.75) is 6.61 Å². The van der Waals surface area contributed by atoms with E-state index in [-0.39, 0.29) is 33.8 Å². The Kier molecular flexibility index (Phi) is 7.58. The van der Waals surface area contributed by atoms with Crippen molar-refractivity contribution in [3.63, 3.8) is 0 Å². The number of nitrogens with zero attached hydrogens (tertiary/aromatic N) is 3. The first kappa shape index (κ1) is 23.0. The van der Waals surface area contributed by atoms with Crippen LogP contribution in [-0.2, 0) is 6.61 Å². The number of ether oxygens (including phenoxy) is 2. The van der Waals surface area contributed by atoms with Crippen LogP contribution in [0.1, 0.15) is 21.5 Å². The number of hydrogen-bond acceptors (Lipinski definition) is 7. The number of hydrogen-bond donors (Lipinski definition) is 1. The second kappa shape index (κ2) is 10.6. The molecule has 164 valence electrons. The Hall–Kier alpha value is -3.69. The van der Waals surface area contributed by atoms with Crippen LogP contribution in [0.2, 0.25) is 10.2 Å². The maximum absolute atomic E-state index is 12.1. The van der Waals surface area contributed by atoms with Crippen molar-refractivity contribution >= 4 is 41.0 Å². The zero-order valence-electron chi connectivity index (χ0n) is 16.6. The van der Waals surface area contributed by atoms with Crippen LogP contribution in [0.3, 0.4) is 0 Å². The minimum Gasteiger partial charge on any atom is -0.493 e. The van der Waals surface area contributed by atoms with E-state index in [4.69, 9.17) is 32.7 Å². The molecular weight excluding hydrogens is 459 g/mol. The molecule has 0 saturated carbocycles. The standard InChI is InChI=1S/C21H16Cl2N4O5/c1-31-18-10-14(11-25-26-21(28)16-6-3-7-24-20(16)23)9-17(22)19(18)32-12-13-4-2-5-15(8-13)27(29)30/h2-11H,12H2,1H3,(H,26,28). The highest BCUT2D eigenvalue weighted by molar-refractivity contribution is 6.33. The van der Waals surface area contributed by atoms with E-state index in [2.05, 4.69) is 15.5 Å². The molecule has 0 aliphatic heterocycles. The van der Waals surface area contributed by atoms with Crippen molar-refractivity contribution in [3.05, 3.63) is 91.7 Å². The van der Waals surface area contributed by atoms with Crippen LogP contribution >= 0.6 is 23.2 Å². The minimum absolute atomic E-state index is 0.0367. The van der Waals surface area contributed by atoms with Gasteiger partial charge in [-0.25, -0.2) is 10.4 Å². The second-order valence-electron chi connectivity index (χ2n) is 6.29. The topological polar surface area (TPSA) is 116 Å². The van der Waals surface area contributed by atoms with Gasteiger partial charge in [-0.1, -0.05) is 35.3 Å². The first-order valence-corrected chi connectivity index (χ1v) is 9.82. The highest BCUT2D eigenvalue weighted by atomic mass is 35.5. The van der Waals surface area contributed by atoms with E-state index in [0.717, 1.165) is 0 Å². The SMILES string of the molecule is COc1cc(C=NNC(=O)c2cccnc2Cl)cc(Cl)c1OCc1cccc([N+](=O)[O-])c1. The third-order valence-corrected chi connectivity index (χ3v) is 4.72. The number of rotatable bonds is 8. The lowest BCUT2D eigenvalue weighted by Gasteiger charge is -2.13. The molecular formula is C21H16Cl2N4O5. The van der Waals surface area contributed by atoms with Gasteiger partial charge in [-0.05, 0) is 35.4 Å². The molecule has 0 bridgehead atoms. The van der Waals surface area contributed by atoms with Crippen molar-refractivity contribution in [1.29, 1.82) is 0 Å². The van der Waals surface area contributed by atoms with Crippen molar-refractivity contribution in [1.82, 2.24) is 10.4 Å². The van der Waals surface area contributed by atoms with Crippen LogP contribution < -0.4 is 14.9 Å². The van der Waals surface area contributed by atoms with Crippen molar-refractivity contribution < 1.29 is 19.2 Å². The third kappa shape index (κ3) is 5.71. The number of carbonyl (C=O) groups excluding carboxylic acids is 1. The van der Waals surface area contributed by atoms with Gasteiger partial charge in [-0.2, -0.15) is 5.10 Å². The van der Waals surface area contributed by atoms with Crippen LogP contribution in [-0.4, -0.2) is 29.1 Å². The largest absolute Gasteiger partial charge is 0.493 e. The summed E-state index contributed by atoms with van der Waals surface area (Å²) < 4.78 is 11.1. The lowest BCUT2D eigenvalue weighted by Crippen LogP contribution is -2.18. The molecule has 3 rings (SSSR count). The molecule has 0 atom stereocenters. The molecule has 3 aromatic rings. The quantitative estimate of drug-likeness (QED) is 0.220. The number of pyridine rings is 1. The van der Waals surface area contributed by atoms with Gasteiger partial charge in [0.2, 0.25) is 0 Å². The summed E-state index contributed by atoms with van der Waals surface area (Å²) in [6.45, 7) is 0.0487. The predicted molar refractivity (Wildman–Crippen MR) is 120 cm³/mol. The fourth-order valence-corrected chi connectivity index (χ4v) is 3.13. The maximum Gasteiger partial charge on any atom is 0.274 e. The number of non-ortho nitro benzene ring substituents is 1. The summed E-state index contributed by atoms with van der Waals surface area (Å²) in [6, 6.07) is 12.4. The smallest absolute Gasteiger partial charge is 0.274 e. The first-order chi connectivity index (χ1) is 15.4. The molecule has 0 unspecified atom stereocenters. The molecule has 1 amide bonds. The molecule has 0 fully saturated rings. The van der Waals surface area contributed by atoms with E-state index in [1.807, 2.05) is 0 Å². The monoisotopic (exact) mass is 474 g/mol. The van der Waals surface area contributed by atoms with Gasteiger partial charge >= 0.3 is 0 Å².